The van der Waals surface area contributed by atoms with Crippen molar-refractivity contribution in [2.75, 3.05) is 34.0 Å². The lowest BCUT2D eigenvalue weighted by molar-refractivity contribution is -0.153. The van der Waals surface area contributed by atoms with E-state index in [0.717, 1.165) is 5.56 Å². The minimum atomic E-state index is -4.41. The van der Waals surface area contributed by atoms with Gasteiger partial charge in [-0.15, -0.1) is 0 Å². The average molecular weight is 335 g/mol. The fourth-order valence-electron chi connectivity index (χ4n) is 1.79. The van der Waals surface area contributed by atoms with Crippen molar-refractivity contribution in [3.63, 3.8) is 0 Å². The Morgan fingerprint density at radius 3 is 2.57 bits per heavy atom. The Balaban J connectivity index is 2.56. The van der Waals surface area contributed by atoms with Gasteiger partial charge in [-0.2, -0.15) is 13.2 Å². The van der Waals surface area contributed by atoms with E-state index in [9.17, 15) is 18.0 Å². The molecule has 0 aliphatic rings. The van der Waals surface area contributed by atoms with E-state index in [1.165, 1.54) is 13.2 Å². The van der Waals surface area contributed by atoms with Crippen molar-refractivity contribution in [2.24, 2.45) is 0 Å². The fraction of sp³-hybridized carbons (Fsp3) is 0.533. The van der Waals surface area contributed by atoms with E-state index in [1.54, 1.807) is 19.2 Å². The molecule has 0 fully saturated rings. The number of amides is 1. The van der Waals surface area contributed by atoms with Crippen LogP contribution >= 0.6 is 0 Å². The Kier molecular flexibility index (Phi) is 7.67. The lowest BCUT2D eigenvalue weighted by Gasteiger charge is -2.13. The number of rotatable bonds is 9. The van der Waals surface area contributed by atoms with Crippen molar-refractivity contribution in [1.29, 1.82) is 0 Å². The molecule has 1 N–H and O–H groups in total. The molecule has 0 aliphatic heterocycles. The van der Waals surface area contributed by atoms with Gasteiger partial charge >= 0.3 is 6.18 Å². The molecule has 1 amide bonds. The Labute approximate surface area is 132 Å². The van der Waals surface area contributed by atoms with Crippen LogP contribution in [0.1, 0.15) is 12.0 Å². The Hall–Kier alpha value is -1.96. The number of carbonyl (C=O) groups is 1. The van der Waals surface area contributed by atoms with Crippen LogP contribution in [0, 0.1) is 0 Å². The van der Waals surface area contributed by atoms with Gasteiger partial charge in [-0.1, -0.05) is 6.07 Å². The predicted octanol–water partition coefficient (Wildman–Crippen LogP) is 2.33. The lowest BCUT2D eigenvalue weighted by Crippen LogP contribution is -2.27. The summed E-state index contributed by atoms with van der Waals surface area (Å²) in [5, 5.41) is 2.69. The molecule has 5 nitrogen and oxygen atoms in total. The highest BCUT2D eigenvalue weighted by molar-refractivity contribution is 5.76. The molecule has 130 valence electrons. The zero-order chi connectivity index (χ0) is 17.3. The zero-order valence-corrected chi connectivity index (χ0v) is 13.0. The molecule has 0 bridgehead atoms. The van der Waals surface area contributed by atoms with E-state index in [0.29, 0.717) is 19.6 Å². The normalized spacial score (nSPS) is 11.2. The average Bonchev–Trinajstić information content (AvgIpc) is 2.50. The standard InChI is InChI=1S/C15H20F3NO4/c1-21-8-7-19-14(20)6-4-11-3-5-12(13(9-11)22-2)23-10-15(16,17)18/h3,5,9H,4,6-8,10H2,1-2H3,(H,19,20). The molecule has 1 aromatic rings. The van der Waals surface area contributed by atoms with E-state index >= 15 is 0 Å². The van der Waals surface area contributed by atoms with E-state index in [-0.39, 0.29) is 23.8 Å². The van der Waals surface area contributed by atoms with E-state index in [1.807, 2.05) is 0 Å². The molecule has 0 aromatic heterocycles. The van der Waals surface area contributed by atoms with Crippen molar-refractivity contribution < 1.29 is 32.2 Å². The second kappa shape index (κ2) is 9.24. The summed E-state index contributed by atoms with van der Waals surface area (Å²) in [6, 6.07) is 4.58. The maximum atomic E-state index is 12.2. The van der Waals surface area contributed by atoms with Gasteiger partial charge in [0.15, 0.2) is 18.1 Å². The maximum Gasteiger partial charge on any atom is 0.422 e. The first-order chi connectivity index (χ1) is 10.9. The van der Waals surface area contributed by atoms with Gasteiger partial charge in [-0.25, -0.2) is 0 Å². The Morgan fingerprint density at radius 2 is 1.96 bits per heavy atom. The Bertz CT molecular complexity index is 506. The number of ether oxygens (including phenoxy) is 3. The molecule has 0 saturated carbocycles. The van der Waals surface area contributed by atoms with Crippen LogP contribution in [-0.2, 0) is 16.0 Å². The van der Waals surface area contributed by atoms with Crippen LogP contribution in [0.15, 0.2) is 18.2 Å². The summed E-state index contributed by atoms with van der Waals surface area (Å²) < 4.78 is 51.1. The van der Waals surface area contributed by atoms with Gasteiger partial charge in [0.1, 0.15) is 0 Å². The molecule has 0 spiro atoms. The molecule has 1 rings (SSSR count). The second-order valence-corrected chi connectivity index (χ2v) is 4.73. The van der Waals surface area contributed by atoms with E-state index in [2.05, 4.69) is 5.32 Å². The molecule has 0 unspecified atom stereocenters. The van der Waals surface area contributed by atoms with Gasteiger partial charge in [0.2, 0.25) is 5.91 Å². The van der Waals surface area contributed by atoms with Crippen molar-refractivity contribution in [3.8, 4) is 11.5 Å². The summed E-state index contributed by atoms with van der Waals surface area (Å²) in [4.78, 5) is 11.6. The topological polar surface area (TPSA) is 56.8 Å². The Morgan fingerprint density at radius 1 is 1.22 bits per heavy atom. The third-order valence-electron chi connectivity index (χ3n) is 2.89. The zero-order valence-electron chi connectivity index (χ0n) is 13.0. The number of carbonyl (C=O) groups excluding carboxylic acids is 1. The van der Waals surface area contributed by atoms with Gasteiger partial charge in [0.05, 0.1) is 13.7 Å². The minimum absolute atomic E-state index is 0.0121. The van der Waals surface area contributed by atoms with Crippen LogP contribution in [0.3, 0.4) is 0 Å². The highest BCUT2D eigenvalue weighted by atomic mass is 19.4. The van der Waals surface area contributed by atoms with Gasteiger partial charge in [0.25, 0.3) is 0 Å². The summed E-state index contributed by atoms with van der Waals surface area (Å²) in [5.41, 5.74) is 0.767. The van der Waals surface area contributed by atoms with Crippen molar-refractivity contribution in [2.45, 2.75) is 19.0 Å². The number of halogens is 3. The molecule has 0 heterocycles. The number of hydrogen-bond donors (Lipinski definition) is 1. The van der Waals surface area contributed by atoms with Crippen LogP contribution in [0.5, 0.6) is 11.5 Å². The summed E-state index contributed by atoms with van der Waals surface area (Å²) in [6.07, 6.45) is -3.71. The molecule has 23 heavy (non-hydrogen) atoms. The molecular weight excluding hydrogens is 315 g/mol. The smallest absolute Gasteiger partial charge is 0.422 e. The first-order valence-electron chi connectivity index (χ1n) is 6.98. The quantitative estimate of drug-likeness (QED) is 0.704. The summed E-state index contributed by atoms with van der Waals surface area (Å²) in [5.74, 6) is 0.0862. The van der Waals surface area contributed by atoms with Crippen LogP contribution in [-0.4, -0.2) is 46.1 Å². The molecule has 1 aromatic carbocycles. The summed E-state index contributed by atoms with van der Waals surface area (Å²) >= 11 is 0. The third-order valence-corrected chi connectivity index (χ3v) is 2.89. The third kappa shape index (κ3) is 7.73. The molecule has 0 radical (unpaired) electrons. The van der Waals surface area contributed by atoms with Gasteiger partial charge in [-0.05, 0) is 24.1 Å². The molecule has 0 atom stereocenters. The highest BCUT2D eigenvalue weighted by Gasteiger charge is 2.29. The number of nitrogens with one attached hydrogen (secondary N) is 1. The van der Waals surface area contributed by atoms with Crippen LogP contribution < -0.4 is 14.8 Å². The largest absolute Gasteiger partial charge is 0.493 e. The molecule has 0 saturated heterocycles. The van der Waals surface area contributed by atoms with Crippen molar-refractivity contribution in [1.82, 2.24) is 5.32 Å². The summed E-state index contributed by atoms with van der Waals surface area (Å²) in [6.45, 7) is -0.516. The number of benzene rings is 1. The number of alkyl halides is 3. The fourth-order valence-corrected chi connectivity index (χ4v) is 1.79. The van der Waals surface area contributed by atoms with Gasteiger partial charge in [-0.3, -0.25) is 4.79 Å². The van der Waals surface area contributed by atoms with E-state index in [4.69, 9.17) is 14.2 Å². The molecular formula is C15H20F3NO4. The minimum Gasteiger partial charge on any atom is -0.493 e. The molecule has 0 aliphatic carbocycles. The second-order valence-electron chi connectivity index (χ2n) is 4.73. The van der Waals surface area contributed by atoms with Crippen LogP contribution in [0.25, 0.3) is 0 Å². The first-order valence-corrected chi connectivity index (χ1v) is 6.98. The van der Waals surface area contributed by atoms with Gasteiger partial charge < -0.3 is 19.5 Å². The summed E-state index contributed by atoms with van der Waals surface area (Å²) in [7, 11) is 2.89. The highest BCUT2D eigenvalue weighted by Crippen LogP contribution is 2.30. The van der Waals surface area contributed by atoms with Gasteiger partial charge in [0, 0.05) is 20.1 Å². The maximum absolute atomic E-state index is 12.2. The SMILES string of the molecule is COCCNC(=O)CCc1ccc(OCC(F)(F)F)c(OC)c1. The lowest BCUT2D eigenvalue weighted by atomic mass is 10.1. The number of aryl methyl sites for hydroxylation is 1. The van der Waals surface area contributed by atoms with Crippen LogP contribution in [0.2, 0.25) is 0 Å². The van der Waals surface area contributed by atoms with Crippen LogP contribution in [0.4, 0.5) is 13.2 Å². The van der Waals surface area contributed by atoms with Crippen molar-refractivity contribution in [3.05, 3.63) is 23.8 Å². The molecule has 8 heteroatoms. The van der Waals surface area contributed by atoms with Crippen molar-refractivity contribution >= 4 is 5.91 Å². The number of methoxy groups -OCH3 is 2. The number of hydrogen-bond acceptors (Lipinski definition) is 4. The first kappa shape index (κ1) is 19.1. The monoisotopic (exact) mass is 335 g/mol. The van der Waals surface area contributed by atoms with E-state index < -0.39 is 12.8 Å². The predicted molar refractivity (Wildman–Crippen MR) is 77.8 cm³/mol.